The Morgan fingerprint density at radius 1 is 0.720 bits per heavy atom. The number of esters is 1. The number of unbranched alkanes of at least 4 members (excludes halogenated alkanes) is 15. The minimum Gasteiger partial charge on any atom is -0.462 e. The Morgan fingerprint density at radius 3 is 1.44 bits per heavy atom. The summed E-state index contributed by atoms with van der Waals surface area (Å²) in [5.74, 6) is -0.266. The van der Waals surface area contributed by atoms with Crippen molar-refractivity contribution in [1.82, 2.24) is 0 Å². The average Bonchev–Trinajstić information content (AvgIpc) is 2.60. The van der Waals surface area contributed by atoms with Gasteiger partial charge in [-0.05, 0) is 19.8 Å². The molecule has 0 aliphatic rings. The van der Waals surface area contributed by atoms with Gasteiger partial charge in [0.25, 0.3) is 0 Å². The van der Waals surface area contributed by atoms with Crippen LogP contribution < -0.4 is 0 Å². The quantitative estimate of drug-likeness (QED) is 0.115. The molecule has 0 radical (unpaired) electrons. The van der Waals surface area contributed by atoms with E-state index in [1.165, 1.54) is 77.0 Å². The second-order valence-electron chi connectivity index (χ2n) is 7.17. The lowest BCUT2D eigenvalue weighted by molar-refractivity contribution is -0.139. The zero-order chi connectivity index (χ0) is 18.6. The normalized spacial score (nSPS) is 10.6. The maximum absolute atomic E-state index is 11.2. The number of ether oxygens (including phenoxy) is 1. The van der Waals surface area contributed by atoms with Gasteiger partial charge in [0.1, 0.15) is 6.29 Å². The Balaban J connectivity index is 3.06. The summed E-state index contributed by atoms with van der Waals surface area (Å²) in [6.07, 6.45) is 20.9. The molecule has 0 aromatic heterocycles. The zero-order valence-corrected chi connectivity index (χ0v) is 16.5. The molecular weight excluding hydrogens is 312 g/mol. The minimum atomic E-state index is -0.266. The first-order valence-corrected chi connectivity index (χ1v) is 10.4. The Hall–Kier alpha value is -1.12. The van der Waals surface area contributed by atoms with E-state index in [1.807, 2.05) is 0 Å². The Labute approximate surface area is 155 Å². The number of hydrogen-bond donors (Lipinski definition) is 0. The first-order chi connectivity index (χ1) is 12.2. The first kappa shape index (κ1) is 23.9. The molecule has 0 saturated carbocycles. The standard InChI is InChI=1S/C22H40O3/c1-21(2)22(24)25-20-18-16-14-12-10-8-6-4-3-5-7-9-11-13-15-17-19-23/h19H,1,3-18,20H2,2H3. The smallest absolute Gasteiger partial charge is 0.333 e. The van der Waals surface area contributed by atoms with Gasteiger partial charge in [-0.1, -0.05) is 90.0 Å². The summed E-state index contributed by atoms with van der Waals surface area (Å²) in [5.41, 5.74) is 0.481. The highest BCUT2D eigenvalue weighted by Crippen LogP contribution is 2.13. The van der Waals surface area contributed by atoms with Crippen LogP contribution >= 0.6 is 0 Å². The Morgan fingerprint density at radius 2 is 1.08 bits per heavy atom. The van der Waals surface area contributed by atoms with Crippen molar-refractivity contribution in [2.24, 2.45) is 0 Å². The van der Waals surface area contributed by atoms with E-state index in [1.54, 1.807) is 6.92 Å². The first-order valence-electron chi connectivity index (χ1n) is 10.4. The Bertz CT molecular complexity index is 336. The summed E-state index contributed by atoms with van der Waals surface area (Å²) in [6.45, 7) is 5.78. The lowest BCUT2D eigenvalue weighted by Gasteiger charge is -2.05. The molecule has 0 aliphatic heterocycles. The molecule has 0 fully saturated rings. The fourth-order valence-corrected chi connectivity index (χ4v) is 2.92. The molecule has 0 spiro atoms. The van der Waals surface area contributed by atoms with Crippen molar-refractivity contribution >= 4 is 12.3 Å². The van der Waals surface area contributed by atoms with E-state index >= 15 is 0 Å². The second-order valence-corrected chi connectivity index (χ2v) is 7.17. The lowest BCUT2D eigenvalue weighted by Crippen LogP contribution is -2.05. The molecule has 0 aliphatic carbocycles. The van der Waals surface area contributed by atoms with Crippen LogP contribution in [0.5, 0.6) is 0 Å². The summed E-state index contributed by atoms with van der Waals surface area (Å²) in [7, 11) is 0. The van der Waals surface area contributed by atoms with Gasteiger partial charge in [-0.2, -0.15) is 0 Å². The maximum Gasteiger partial charge on any atom is 0.333 e. The molecule has 0 amide bonds. The number of aldehydes is 1. The third-order valence-electron chi connectivity index (χ3n) is 4.55. The van der Waals surface area contributed by atoms with Crippen molar-refractivity contribution in [3.63, 3.8) is 0 Å². The van der Waals surface area contributed by atoms with Gasteiger partial charge < -0.3 is 9.53 Å². The highest BCUT2D eigenvalue weighted by molar-refractivity contribution is 5.86. The number of carbonyl (C=O) groups is 2. The van der Waals surface area contributed by atoms with Gasteiger partial charge in [-0.15, -0.1) is 0 Å². The molecule has 0 aromatic rings. The van der Waals surface area contributed by atoms with Gasteiger partial charge in [0, 0.05) is 12.0 Å². The molecule has 0 unspecified atom stereocenters. The van der Waals surface area contributed by atoms with Gasteiger partial charge in [0.05, 0.1) is 6.61 Å². The van der Waals surface area contributed by atoms with E-state index in [0.717, 1.165) is 32.0 Å². The molecular formula is C22H40O3. The molecule has 0 rings (SSSR count). The summed E-state index contributed by atoms with van der Waals surface area (Å²) in [4.78, 5) is 21.4. The topological polar surface area (TPSA) is 43.4 Å². The predicted octanol–water partition coefficient (Wildman–Crippen LogP) is 6.55. The van der Waals surface area contributed by atoms with E-state index in [-0.39, 0.29) is 5.97 Å². The largest absolute Gasteiger partial charge is 0.462 e. The van der Waals surface area contributed by atoms with Gasteiger partial charge in [-0.3, -0.25) is 0 Å². The average molecular weight is 353 g/mol. The molecule has 0 heterocycles. The van der Waals surface area contributed by atoms with Gasteiger partial charge >= 0.3 is 5.97 Å². The number of hydrogen-bond acceptors (Lipinski definition) is 3. The van der Waals surface area contributed by atoms with Crippen molar-refractivity contribution in [2.45, 2.75) is 110 Å². The van der Waals surface area contributed by atoms with Crippen LogP contribution in [-0.2, 0) is 14.3 Å². The van der Waals surface area contributed by atoms with Crippen LogP contribution in [0.2, 0.25) is 0 Å². The molecule has 146 valence electrons. The van der Waals surface area contributed by atoms with Crippen LogP contribution in [0.1, 0.15) is 110 Å². The summed E-state index contributed by atoms with van der Waals surface area (Å²) < 4.78 is 5.08. The van der Waals surface area contributed by atoms with E-state index in [9.17, 15) is 9.59 Å². The van der Waals surface area contributed by atoms with Crippen LogP contribution in [0.4, 0.5) is 0 Å². The van der Waals surface area contributed by atoms with Crippen LogP contribution in [0, 0.1) is 0 Å². The number of rotatable bonds is 19. The van der Waals surface area contributed by atoms with Crippen LogP contribution in [0.3, 0.4) is 0 Å². The maximum atomic E-state index is 11.2. The molecule has 3 nitrogen and oxygen atoms in total. The van der Waals surface area contributed by atoms with E-state index < -0.39 is 0 Å². The molecule has 0 atom stereocenters. The lowest BCUT2D eigenvalue weighted by atomic mass is 10.0. The third-order valence-corrected chi connectivity index (χ3v) is 4.55. The van der Waals surface area contributed by atoms with Crippen molar-refractivity contribution in [3.8, 4) is 0 Å². The van der Waals surface area contributed by atoms with Crippen molar-refractivity contribution in [3.05, 3.63) is 12.2 Å². The van der Waals surface area contributed by atoms with Crippen molar-refractivity contribution in [1.29, 1.82) is 0 Å². The fourth-order valence-electron chi connectivity index (χ4n) is 2.92. The molecule has 25 heavy (non-hydrogen) atoms. The van der Waals surface area contributed by atoms with Crippen LogP contribution in [0.15, 0.2) is 12.2 Å². The highest BCUT2D eigenvalue weighted by Gasteiger charge is 2.01. The number of carbonyl (C=O) groups excluding carboxylic acids is 2. The predicted molar refractivity (Wildman–Crippen MR) is 106 cm³/mol. The van der Waals surface area contributed by atoms with E-state index in [2.05, 4.69) is 6.58 Å². The summed E-state index contributed by atoms with van der Waals surface area (Å²) in [5, 5.41) is 0. The fraction of sp³-hybridized carbons (Fsp3) is 0.818. The Kier molecular flexibility index (Phi) is 18.3. The van der Waals surface area contributed by atoms with Crippen molar-refractivity contribution < 1.29 is 14.3 Å². The van der Waals surface area contributed by atoms with Crippen LogP contribution in [-0.4, -0.2) is 18.9 Å². The van der Waals surface area contributed by atoms with Crippen molar-refractivity contribution in [2.75, 3.05) is 6.61 Å². The molecule has 0 saturated heterocycles. The van der Waals surface area contributed by atoms with Gasteiger partial charge in [0.2, 0.25) is 0 Å². The second kappa shape index (κ2) is 19.2. The van der Waals surface area contributed by atoms with Gasteiger partial charge in [-0.25, -0.2) is 4.79 Å². The third kappa shape index (κ3) is 19.1. The molecule has 0 aromatic carbocycles. The van der Waals surface area contributed by atoms with Crippen LogP contribution in [0.25, 0.3) is 0 Å². The van der Waals surface area contributed by atoms with E-state index in [0.29, 0.717) is 12.2 Å². The van der Waals surface area contributed by atoms with E-state index in [4.69, 9.17) is 4.74 Å². The molecule has 0 bridgehead atoms. The summed E-state index contributed by atoms with van der Waals surface area (Å²) >= 11 is 0. The molecule has 3 heteroatoms. The molecule has 0 N–H and O–H groups in total. The highest BCUT2D eigenvalue weighted by atomic mass is 16.5. The van der Waals surface area contributed by atoms with Gasteiger partial charge in [0.15, 0.2) is 0 Å². The zero-order valence-electron chi connectivity index (χ0n) is 16.5. The minimum absolute atomic E-state index is 0.266. The monoisotopic (exact) mass is 352 g/mol. The summed E-state index contributed by atoms with van der Waals surface area (Å²) in [6, 6.07) is 0. The SMILES string of the molecule is C=C(C)C(=O)OCCCCCCCCCCCCCCCCCC=O.